The van der Waals surface area contributed by atoms with E-state index in [1.165, 1.54) is 10.4 Å². The van der Waals surface area contributed by atoms with Crippen LogP contribution in [0.3, 0.4) is 0 Å². The molecule has 0 spiro atoms. The average molecular weight is 371 g/mol. The van der Waals surface area contributed by atoms with Gasteiger partial charge in [0.15, 0.2) is 0 Å². The molecular weight excluding hydrogens is 350 g/mol. The molecule has 3 rings (SSSR count). The second kappa shape index (κ2) is 7.46. The molecule has 7 heteroatoms. The van der Waals surface area contributed by atoms with E-state index in [-0.39, 0.29) is 10.9 Å². The van der Waals surface area contributed by atoms with Crippen LogP contribution < -0.4 is 10.1 Å². The van der Waals surface area contributed by atoms with Gasteiger partial charge in [0.1, 0.15) is 5.75 Å². The number of nitrogens with one attached hydrogen (secondary N) is 1. The molecule has 2 aromatic carbocycles. The van der Waals surface area contributed by atoms with Gasteiger partial charge in [0, 0.05) is 25.2 Å². The molecule has 0 radical (unpaired) electrons. The zero-order chi connectivity index (χ0) is 18.7. The van der Waals surface area contributed by atoms with Crippen molar-refractivity contribution in [3.63, 3.8) is 0 Å². The van der Waals surface area contributed by atoms with E-state index in [2.05, 4.69) is 5.32 Å². The molecule has 0 amide bonds. The van der Waals surface area contributed by atoms with E-state index in [1.807, 2.05) is 30.3 Å². The van der Waals surface area contributed by atoms with Crippen LogP contribution in [0.1, 0.15) is 22.7 Å². The number of hydrogen-bond acceptors (Lipinski definition) is 5. The van der Waals surface area contributed by atoms with E-state index in [0.717, 1.165) is 5.56 Å². The molecule has 6 nitrogen and oxygen atoms in total. The van der Waals surface area contributed by atoms with Crippen molar-refractivity contribution in [2.24, 2.45) is 0 Å². The van der Waals surface area contributed by atoms with Gasteiger partial charge in [-0.1, -0.05) is 18.2 Å². The van der Waals surface area contributed by atoms with Crippen molar-refractivity contribution in [1.82, 2.24) is 9.62 Å². The number of rotatable bonds is 4. The summed E-state index contributed by atoms with van der Waals surface area (Å²) in [5, 5.41) is 12.3. The average Bonchev–Trinajstić information content (AvgIpc) is 2.67. The number of sulfonamides is 1. The SMILES string of the molecule is COc1ccccc1C1CNCCN1S(=O)(=O)c1ccc(C#N)cc1C. The minimum atomic E-state index is -3.71. The minimum Gasteiger partial charge on any atom is -0.496 e. The Labute approximate surface area is 154 Å². The highest BCUT2D eigenvalue weighted by molar-refractivity contribution is 7.89. The molecule has 0 saturated carbocycles. The lowest BCUT2D eigenvalue weighted by molar-refractivity contribution is 0.264. The number of nitriles is 1. The van der Waals surface area contributed by atoms with E-state index in [4.69, 9.17) is 10.00 Å². The molecule has 26 heavy (non-hydrogen) atoms. The fourth-order valence-electron chi connectivity index (χ4n) is 3.31. The summed E-state index contributed by atoms with van der Waals surface area (Å²) in [7, 11) is -2.13. The zero-order valence-corrected chi connectivity index (χ0v) is 15.6. The van der Waals surface area contributed by atoms with Gasteiger partial charge in [0.25, 0.3) is 0 Å². The summed E-state index contributed by atoms with van der Waals surface area (Å²) in [4.78, 5) is 0.235. The van der Waals surface area contributed by atoms with Gasteiger partial charge in [-0.2, -0.15) is 9.57 Å². The summed E-state index contributed by atoms with van der Waals surface area (Å²) in [6.07, 6.45) is 0. The molecule has 0 bridgehead atoms. The number of piperazine rings is 1. The number of aryl methyl sites for hydroxylation is 1. The third-order valence-corrected chi connectivity index (χ3v) is 6.65. The maximum Gasteiger partial charge on any atom is 0.243 e. The molecule has 136 valence electrons. The number of nitrogens with zero attached hydrogens (tertiary/aromatic N) is 2. The third kappa shape index (κ3) is 3.31. The van der Waals surface area contributed by atoms with Crippen LogP contribution in [-0.2, 0) is 10.0 Å². The van der Waals surface area contributed by atoms with Gasteiger partial charge in [-0.3, -0.25) is 0 Å². The summed E-state index contributed by atoms with van der Waals surface area (Å²) >= 11 is 0. The summed E-state index contributed by atoms with van der Waals surface area (Å²) in [5.41, 5.74) is 1.85. The number of benzene rings is 2. The Bertz CT molecular complexity index is 951. The molecule has 0 aromatic heterocycles. The fourth-order valence-corrected chi connectivity index (χ4v) is 5.13. The zero-order valence-electron chi connectivity index (χ0n) is 14.8. The number of methoxy groups -OCH3 is 1. The van der Waals surface area contributed by atoms with Gasteiger partial charge in [-0.25, -0.2) is 8.42 Å². The summed E-state index contributed by atoms with van der Waals surface area (Å²) in [6, 6.07) is 13.8. The van der Waals surface area contributed by atoms with Crippen molar-refractivity contribution < 1.29 is 13.2 Å². The molecule has 1 heterocycles. The Hall–Kier alpha value is -2.40. The molecule has 1 unspecified atom stereocenters. The Morgan fingerprint density at radius 3 is 2.73 bits per heavy atom. The van der Waals surface area contributed by atoms with E-state index < -0.39 is 10.0 Å². The summed E-state index contributed by atoms with van der Waals surface area (Å²) in [6.45, 7) is 3.17. The molecule has 2 aromatic rings. The highest BCUT2D eigenvalue weighted by Crippen LogP contribution is 2.34. The number of ether oxygens (including phenoxy) is 1. The van der Waals surface area contributed by atoms with Crippen molar-refractivity contribution in [2.75, 3.05) is 26.7 Å². The van der Waals surface area contributed by atoms with Crippen molar-refractivity contribution in [2.45, 2.75) is 17.9 Å². The Morgan fingerprint density at radius 1 is 1.27 bits per heavy atom. The van der Waals surface area contributed by atoms with Gasteiger partial charge in [0.2, 0.25) is 10.0 Å². The normalized spacial score (nSPS) is 18.3. The van der Waals surface area contributed by atoms with Gasteiger partial charge in [-0.15, -0.1) is 0 Å². The molecular formula is C19H21N3O3S. The largest absolute Gasteiger partial charge is 0.496 e. The van der Waals surface area contributed by atoms with Crippen LogP contribution in [0.5, 0.6) is 5.75 Å². The van der Waals surface area contributed by atoms with Gasteiger partial charge >= 0.3 is 0 Å². The van der Waals surface area contributed by atoms with Crippen LogP contribution in [-0.4, -0.2) is 39.5 Å². The smallest absolute Gasteiger partial charge is 0.243 e. The highest BCUT2D eigenvalue weighted by atomic mass is 32.2. The van der Waals surface area contributed by atoms with Crippen LogP contribution in [0.15, 0.2) is 47.4 Å². The van der Waals surface area contributed by atoms with Gasteiger partial charge in [0.05, 0.1) is 29.7 Å². The minimum absolute atomic E-state index is 0.235. The molecule has 1 saturated heterocycles. The van der Waals surface area contributed by atoms with Crippen LogP contribution in [0, 0.1) is 18.3 Å². The molecule has 1 N–H and O–H groups in total. The summed E-state index contributed by atoms with van der Waals surface area (Å²) in [5.74, 6) is 0.665. The summed E-state index contributed by atoms with van der Waals surface area (Å²) < 4.78 is 33.7. The van der Waals surface area contributed by atoms with E-state index in [0.29, 0.717) is 36.5 Å². The maximum absolute atomic E-state index is 13.4. The quantitative estimate of drug-likeness (QED) is 0.891. The maximum atomic E-state index is 13.4. The van der Waals surface area contributed by atoms with Crippen molar-refractivity contribution in [3.8, 4) is 11.8 Å². The Morgan fingerprint density at radius 2 is 2.04 bits per heavy atom. The van der Waals surface area contributed by atoms with E-state index in [1.54, 1.807) is 26.2 Å². The van der Waals surface area contributed by atoms with Gasteiger partial charge < -0.3 is 10.1 Å². The van der Waals surface area contributed by atoms with Crippen LogP contribution in [0.25, 0.3) is 0 Å². The van der Waals surface area contributed by atoms with Crippen molar-refractivity contribution in [1.29, 1.82) is 5.26 Å². The molecule has 1 fully saturated rings. The molecule has 0 aliphatic carbocycles. The van der Waals surface area contributed by atoms with Gasteiger partial charge in [-0.05, 0) is 36.8 Å². The topological polar surface area (TPSA) is 82.4 Å². The molecule has 1 aliphatic rings. The molecule has 1 aliphatic heterocycles. The van der Waals surface area contributed by atoms with E-state index in [9.17, 15) is 8.42 Å². The second-order valence-corrected chi connectivity index (χ2v) is 8.03. The first kappa shape index (κ1) is 18.4. The van der Waals surface area contributed by atoms with Crippen LogP contribution >= 0.6 is 0 Å². The van der Waals surface area contributed by atoms with Crippen molar-refractivity contribution in [3.05, 3.63) is 59.2 Å². The lowest BCUT2D eigenvalue weighted by Gasteiger charge is -2.36. The van der Waals surface area contributed by atoms with Crippen LogP contribution in [0.4, 0.5) is 0 Å². The standard InChI is InChI=1S/C19H21N3O3S/c1-14-11-15(12-20)7-8-19(14)26(23,24)22-10-9-21-13-17(22)16-5-3-4-6-18(16)25-2/h3-8,11,17,21H,9-10,13H2,1-2H3. The first-order chi connectivity index (χ1) is 12.5. The predicted octanol–water partition coefficient (Wildman–Crippen LogP) is 2.21. The first-order valence-corrected chi connectivity index (χ1v) is 9.79. The Kier molecular flexibility index (Phi) is 5.28. The predicted molar refractivity (Wildman–Crippen MR) is 98.4 cm³/mol. The number of para-hydroxylation sites is 1. The Balaban J connectivity index is 2.06. The lowest BCUT2D eigenvalue weighted by Crippen LogP contribution is -2.48. The highest BCUT2D eigenvalue weighted by Gasteiger charge is 2.36. The van der Waals surface area contributed by atoms with Crippen LogP contribution in [0.2, 0.25) is 0 Å². The van der Waals surface area contributed by atoms with Crippen molar-refractivity contribution >= 4 is 10.0 Å². The third-order valence-electron chi connectivity index (χ3n) is 4.58. The monoisotopic (exact) mass is 371 g/mol. The molecule has 1 atom stereocenters. The first-order valence-electron chi connectivity index (χ1n) is 8.35. The second-order valence-electron chi connectivity index (χ2n) is 6.17. The number of hydrogen-bond donors (Lipinski definition) is 1. The fraction of sp³-hybridized carbons (Fsp3) is 0.316. The van der Waals surface area contributed by atoms with E-state index >= 15 is 0 Å². The lowest BCUT2D eigenvalue weighted by atomic mass is 10.0.